The number of hydrogen-bond donors (Lipinski definition) is 1. The molecule has 29 heavy (non-hydrogen) atoms. The van der Waals surface area contributed by atoms with E-state index in [1.165, 1.54) is 11.8 Å². The number of nitrogens with zero attached hydrogens (tertiary/aromatic N) is 2. The molecule has 1 amide bonds. The van der Waals surface area contributed by atoms with Crippen LogP contribution in [0, 0.1) is 6.92 Å². The standard InChI is InChI=1S/C22H23BrN2O3S/c1-5-28-18-11-15(10-17(23)20(18)26)12-19-21(27)25(13(2)3)22(29-19)24-16-8-6-14(4)7-9-16/h6-13,26H,5H2,1-4H3/b19-12+,24-22?. The van der Waals surface area contributed by atoms with Gasteiger partial charge in [0.05, 0.1) is 21.7 Å². The van der Waals surface area contributed by atoms with Gasteiger partial charge in [0.15, 0.2) is 16.7 Å². The summed E-state index contributed by atoms with van der Waals surface area (Å²) in [6.07, 6.45) is 1.80. The van der Waals surface area contributed by atoms with Crippen LogP contribution in [0.1, 0.15) is 31.9 Å². The minimum atomic E-state index is -0.0852. The lowest BCUT2D eigenvalue weighted by molar-refractivity contribution is -0.123. The smallest absolute Gasteiger partial charge is 0.266 e. The quantitative estimate of drug-likeness (QED) is 0.549. The van der Waals surface area contributed by atoms with Crippen molar-refractivity contribution in [1.29, 1.82) is 0 Å². The zero-order valence-corrected chi connectivity index (χ0v) is 19.2. The fourth-order valence-electron chi connectivity index (χ4n) is 2.84. The van der Waals surface area contributed by atoms with E-state index in [9.17, 15) is 9.90 Å². The molecule has 3 rings (SSSR count). The molecule has 2 aromatic rings. The highest BCUT2D eigenvalue weighted by molar-refractivity contribution is 9.10. The summed E-state index contributed by atoms with van der Waals surface area (Å²) in [7, 11) is 0. The van der Waals surface area contributed by atoms with Gasteiger partial charge in [0.2, 0.25) is 0 Å². The first-order chi connectivity index (χ1) is 13.8. The first kappa shape index (κ1) is 21.5. The molecule has 0 unspecified atom stereocenters. The van der Waals surface area contributed by atoms with Gasteiger partial charge >= 0.3 is 0 Å². The Morgan fingerprint density at radius 2 is 1.97 bits per heavy atom. The number of ether oxygens (including phenoxy) is 1. The Labute approximate surface area is 183 Å². The summed E-state index contributed by atoms with van der Waals surface area (Å²) < 4.78 is 6.00. The number of carbonyl (C=O) groups is 1. The van der Waals surface area contributed by atoms with Gasteiger partial charge in [-0.05, 0) is 91.3 Å². The van der Waals surface area contributed by atoms with Crippen molar-refractivity contribution in [3.63, 3.8) is 0 Å². The van der Waals surface area contributed by atoms with Crippen molar-refractivity contribution in [2.75, 3.05) is 6.61 Å². The summed E-state index contributed by atoms with van der Waals surface area (Å²) in [5.41, 5.74) is 2.73. The van der Waals surface area contributed by atoms with Crippen LogP contribution >= 0.6 is 27.7 Å². The first-order valence-corrected chi connectivity index (χ1v) is 10.9. The number of amidine groups is 1. The second kappa shape index (κ2) is 9.05. The maximum atomic E-state index is 13.0. The van der Waals surface area contributed by atoms with Gasteiger partial charge in [-0.3, -0.25) is 9.69 Å². The molecule has 0 aliphatic carbocycles. The second-order valence-electron chi connectivity index (χ2n) is 6.89. The van der Waals surface area contributed by atoms with E-state index < -0.39 is 0 Å². The second-order valence-corrected chi connectivity index (χ2v) is 8.76. The minimum absolute atomic E-state index is 0.0179. The van der Waals surface area contributed by atoms with Crippen LogP contribution in [0.2, 0.25) is 0 Å². The Kier molecular flexibility index (Phi) is 6.70. The molecule has 1 heterocycles. The van der Waals surface area contributed by atoms with Gasteiger partial charge in [-0.15, -0.1) is 0 Å². The Morgan fingerprint density at radius 1 is 1.28 bits per heavy atom. The zero-order valence-electron chi connectivity index (χ0n) is 16.8. The maximum Gasteiger partial charge on any atom is 0.266 e. The summed E-state index contributed by atoms with van der Waals surface area (Å²) in [6, 6.07) is 11.3. The summed E-state index contributed by atoms with van der Waals surface area (Å²) >= 11 is 4.69. The molecule has 7 heteroatoms. The van der Waals surface area contributed by atoms with Crippen molar-refractivity contribution in [3.05, 3.63) is 56.9 Å². The lowest BCUT2D eigenvalue weighted by atomic mass is 10.2. The van der Waals surface area contributed by atoms with Gasteiger partial charge in [0, 0.05) is 6.04 Å². The molecule has 5 nitrogen and oxygen atoms in total. The van der Waals surface area contributed by atoms with Crippen LogP contribution in [0.15, 0.2) is 50.8 Å². The number of halogens is 1. The van der Waals surface area contributed by atoms with E-state index in [1.807, 2.05) is 52.0 Å². The van der Waals surface area contributed by atoms with E-state index in [-0.39, 0.29) is 17.7 Å². The number of benzene rings is 2. The predicted octanol–water partition coefficient (Wildman–Crippen LogP) is 5.87. The molecule has 152 valence electrons. The van der Waals surface area contributed by atoms with Crippen LogP contribution in [-0.2, 0) is 4.79 Å². The van der Waals surface area contributed by atoms with Gasteiger partial charge in [-0.1, -0.05) is 17.7 Å². The first-order valence-electron chi connectivity index (χ1n) is 9.34. The third-order valence-corrected chi connectivity index (χ3v) is 5.85. The molecule has 1 aliphatic heterocycles. The summed E-state index contributed by atoms with van der Waals surface area (Å²) in [5, 5.41) is 10.8. The Hall–Kier alpha value is -2.25. The molecule has 1 fully saturated rings. The Bertz CT molecular complexity index is 984. The third kappa shape index (κ3) is 4.85. The fraction of sp³-hybridized carbons (Fsp3) is 0.273. The minimum Gasteiger partial charge on any atom is -0.503 e. The average molecular weight is 475 g/mol. The fourth-order valence-corrected chi connectivity index (χ4v) is 4.42. The van der Waals surface area contributed by atoms with Crippen molar-refractivity contribution >= 4 is 50.5 Å². The predicted molar refractivity (Wildman–Crippen MR) is 123 cm³/mol. The summed E-state index contributed by atoms with van der Waals surface area (Å²) in [4.78, 5) is 20.0. The molecule has 0 aromatic heterocycles. The van der Waals surface area contributed by atoms with Crippen LogP contribution in [-0.4, -0.2) is 33.7 Å². The number of aryl methyl sites for hydroxylation is 1. The Balaban J connectivity index is 1.98. The van der Waals surface area contributed by atoms with Crippen molar-refractivity contribution in [3.8, 4) is 11.5 Å². The molecule has 2 aromatic carbocycles. The molecule has 0 spiro atoms. The zero-order chi connectivity index (χ0) is 21.1. The summed E-state index contributed by atoms with van der Waals surface area (Å²) in [6.45, 7) is 8.25. The number of carbonyl (C=O) groups excluding carboxylic acids is 1. The molecule has 0 bridgehead atoms. The number of aliphatic imine (C=N–C) groups is 1. The average Bonchev–Trinajstić information content (AvgIpc) is 2.96. The highest BCUT2D eigenvalue weighted by atomic mass is 79.9. The molecule has 1 aliphatic rings. The van der Waals surface area contributed by atoms with Crippen molar-refractivity contribution in [2.45, 2.75) is 33.7 Å². The van der Waals surface area contributed by atoms with E-state index in [0.717, 1.165) is 16.8 Å². The lowest BCUT2D eigenvalue weighted by Crippen LogP contribution is -2.35. The molecule has 1 saturated heterocycles. The lowest BCUT2D eigenvalue weighted by Gasteiger charge is -2.19. The largest absolute Gasteiger partial charge is 0.503 e. The highest BCUT2D eigenvalue weighted by Crippen LogP contribution is 2.39. The van der Waals surface area contributed by atoms with Gasteiger partial charge in [-0.25, -0.2) is 4.99 Å². The van der Waals surface area contributed by atoms with Crippen LogP contribution in [0.4, 0.5) is 5.69 Å². The van der Waals surface area contributed by atoms with Gasteiger partial charge < -0.3 is 9.84 Å². The van der Waals surface area contributed by atoms with E-state index in [4.69, 9.17) is 9.73 Å². The summed E-state index contributed by atoms with van der Waals surface area (Å²) in [5.74, 6) is 0.335. The highest BCUT2D eigenvalue weighted by Gasteiger charge is 2.35. The van der Waals surface area contributed by atoms with Gasteiger partial charge in [0.1, 0.15) is 0 Å². The van der Waals surface area contributed by atoms with Crippen LogP contribution in [0.25, 0.3) is 6.08 Å². The van der Waals surface area contributed by atoms with E-state index >= 15 is 0 Å². The van der Waals surface area contributed by atoms with Crippen LogP contribution < -0.4 is 4.74 Å². The maximum absolute atomic E-state index is 13.0. The van der Waals surface area contributed by atoms with Crippen molar-refractivity contribution in [1.82, 2.24) is 4.90 Å². The molecule has 0 atom stereocenters. The van der Waals surface area contributed by atoms with Gasteiger partial charge in [0.25, 0.3) is 5.91 Å². The van der Waals surface area contributed by atoms with Gasteiger partial charge in [-0.2, -0.15) is 0 Å². The van der Waals surface area contributed by atoms with E-state index in [0.29, 0.717) is 26.9 Å². The molecule has 0 radical (unpaired) electrons. The number of phenols is 1. The van der Waals surface area contributed by atoms with Crippen LogP contribution in [0.5, 0.6) is 11.5 Å². The third-order valence-electron chi connectivity index (χ3n) is 4.26. The van der Waals surface area contributed by atoms with E-state index in [1.54, 1.807) is 23.1 Å². The number of hydrogen-bond acceptors (Lipinski definition) is 5. The molecule has 0 saturated carbocycles. The number of amides is 1. The van der Waals surface area contributed by atoms with E-state index in [2.05, 4.69) is 15.9 Å². The normalized spacial score (nSPS) is 17.0. The van der Waals surface area contributed by atoms with Crippen molar-refractivity contribution < 1.29 is 14.6 Å². The van der Waals surface area contributed by atoms with Crippen molar-refractivity contribution in [2.24, 2.45) is 4.99 Å². The number of thioether (sulfide) groups is 1. The topological polar surface area (TPSA) is 62.1 Å². The molecule has 1 N–H and O–H groups in total. The number of phenolic OH excluding ortho intramolecular Hbond substituents is 1. The number of aromatic hydroxyl groups is 1. The number of rotatable bonds is 5. The SMILES string of the molecule is CCOc1cc(/C=C2/SC(=Nc3ccc(C)cc3)N(C(C)C)C2=O)cc(Br)c1O. The molecular weight excluding hydrogens is 452 g/mol. The van der Waals surface area contributed by atoms with Crippen LogP contribution in [0.3, 0.4) is 0 Å². The molecular formula is C22H23BrN2O3S. The monoisotopic (exact) mass is 474 g/mol. The Morgan fingerprint density at radius 3 is 2.59 bits per heavy atom.